The van der Waals surface area contributed by atoms with Crippen LogP contribution in [0.5, 0.6) is 0 Å². The fraction of sp³-hybridized carbons (Fsp3) is 0.226. The highest BCUT2D eigenvalue weighted by Crippen LogP contribution is 2.27. The van der Waals surface area contributed by atoms with E-state index in [0.29, 0.717) is 6.42 Å². The molecule has 36 heavy (non-hydrogen) atoms. The summed E-state index contributed by atoms with van der Waals surface area (Å²) in [5, 5.41) is 8.29. The molecule has 5 nitrogen and oxygen atoms in total. The number of amides is 1. The molecule has 5 aromatic rings. The Hall–Kier alpha value is -4.12. The predicted molar refractivity (Wildman–Crippen MR) is 141 cm³/mol. The van der Waals surface area contributed by atoms with Gasteiger partial charge in [-0.05, 0) is 68.1 Å². The molecule has 1 N–H and O–H groups in total. The Morgan fingerprint density at radius 2 is 1.75 bits per heavy atom. The second-order valence-corrected chi connectivity index (χ2v) is 9.51. The molecule has 1 unspecified atom stereocenters. The Morgan fingerprint density at radius 3 is 2.47 bits per heavy atom. The van der Waals surface area contributed by atoms with Crippen LogP contribution in [0, 0.1) is 27.7 Å². The first-order valence-corrected chi connectivity index (χ1v) is 12.2. The molecule has 3 aromatic carbocycles. The highest BCUT2D eigenvalue weighted by molar-refractivity contribution is 5.83. The quantitative estimate of drug-likeness (QED) is 0.283. The molecule has 0 aliphatic carbocycles. The summed E-state index contributed by atoms with van der Waals surface area (Å²) in [6, 6.07) is 24.2. The van der Waals surface area contributed by atoms with Gasteiger partial charge in [0.1, 0.15) is 17.1 Å². The number of nitrogens with one attached hydrogen (secondary N) is 1. The zero-order chi connectivity index (χ0) is 25.2. The Morgan fingerprint density at radius 1 is 0.944 bits per heavy atom. The van der Waals surface area contributed by atoms with Crippen LogP contribution in [0.3, 0.4) is 0 Å². The summed E-state index contributed by atoms with van der Waals surface area (Å²) in [7, 11) is 0. The first kappa shape index (κ1) is 23.6. The van der Waals surface area contributed by atoms with Gasteiger partial charge in [0, 0.05) is 17.4 Å². The highest BCUT2D eigenvalue weighted by Gasteiger charge is 2.19. The number of fused-ring (bicyclic) bond motifs is 1. The average molecular weight is 479 g/mol. The maximum absolute atomic E-state index is 13.2. The Balaban J connectivity index is 1.35. The van der Waals surface area contributed by atoms with E-state index in [1.807, 2.05) is 56.3 Å². The summed E-state index contributed by atoms with van der Waals surface area (Å²) in [6.07, 6.45) is 0.912. The number of hydrogen-bond acceptors (Lipinski definition) is 4. The molecule has 2 heterocycles. The van der Waals surface area contributed by atoms with Crippen LogP contribution in [-0.2, 0) is 17.6 Å². The van der Waals surface area contributed by atoms with E-state index in [0.717, 1.165) is 56.0 Å². The normalized spacial score (nSPS) is 12.1. The largest absolute Gasteiger partial charge is 0.461 e. The van der Waals surface area contributed by atoms with Crippen LogP contribution in [0.1, 0.15) is 56.6 Å². The van der Waals surface area contributed by atoms with Gasteiger partial charge >= 0.3 is 0 Å². The average Bonchev–Trinajstić information content (AvgIpc) is 3.41. The maximum atomic E-state index is 13.2. The summed E-state index contributed by atoms with van der Waals surface area (Å²) < 4.78 is 11.3. The number of nitrogens with zero attached hydrogens (tertiary/aromatic N) is 1. The molecule has 0 saturated carbocycles. The minimum atomic E-state index is -0.210. The smallest absolute Gasteiger partial charge is 0.225 e. The molecule has 1 atom stereocenters. The van der Waals surface area contributed by atoms with E-state index in [1.165, 1.54) is 5.56 Å². The van der Waals surface area contributed by atoms with Gasteiger partial charge < -0.3 is 14.3 Å². The third-order valence-corrected chi connectivity index (χ3v) is 6.70. The molecule has 0 aliphatic heterocycles. The molecule has 0 aliphatic rings. The Labute approximate surface area is 211 Å². The monoisotopic (exact) mass is 478 g/mol. The molecule has 2 aromatic heterocycles. The van der Waals surface area contributed by atoms with Crippen molar-refractivity contribution in [3.05, 3.63) is 123 Å². The lowest BCUT2D eigenvalue weighted by Gasteiger charge is -2.22. The van der Waals surface area contributed by atoms with Crippen LogP contribution in [0.15, 0.2) is 81.7 Å². The lowest BCUT2D eigenvalue weighted by molar-refractivity contribution is -0.120. The molecule has 0 fully saturated rings. The number of hydrogen-bond donors (Lipinski definition) is 1. The van der Waals surface area contributed by atoms with E-state index in [1.54, 1.807) is 0 Å². The number of furan rings is 1. The summed E-state index contributed by atoms with van der Waals surface area (Å²) in [4.78, 5) is 13.2. The molecule has 0 radical (unpaired) electrons. The molecule has 1 amide bonds. The molecule has 5 rings (SSSR count). The lowest BCUT2D eigenvalue weighted by atomic mass is 9.93. The molecule has 182 valence electrons. The lowest BCUT2D eigenvalue weighted by Crippen LogP contribution is -2.31. The van der Waals surface area contributed by atoms with Crippen molar-refractivity contribution in [3.8, 4) is 0 Å². The highest BCUT2D eigenvalue weighted by atomic mass is 16.5. The maximum Gasteiger partial charge on any atom is 0.225 e. The Kier molecular flexibility index (Phi) is 6.47. The number of carbonyl (C=O) groups is 1. The minimum Gasteiger partial charge on any atom is -0.461 e. The number of aromatic nitrogens is 1. The van der Waals surface area contributed by atoms with Crippen molar-refractivity contribution >= 4 is 16.9 Å². The first-order valence-electron chi connectivity index (χ1n) is 12.2. The van der Waals surface area contributed by atoms with Crippen molar-refractivity contribution in [3.63, 3.8) is 0 Å². The minimum absolute atomic E-state index is 0.0254. The zero-order valence-electron chi connectivity index (χ0n) is 21.1. The van der Waals surface area contributed by atoms with E-state index in [9.17, 15) is 4.79 Å². The van der Waals surface area contributed by atoms with Crippen molar-refractivity contribution in [2.24, 2.45) is 0 Å². The molecule has 0 bridgehead atoms. The molecule has 0 spiro atoms. The summed E-state index contributed by atoms with van der Waals surface area (Å²) in [6.45, 7) is 8.03. The number of rotatable bonds is 7. The van der Waals surface area contributed by atoms with Crippen molar-refractivity contribution < 1.29 is 13.7 Å². The molecule has 0 saturated heterocycles. The van der Waals surface area contributed by atoms with Gasteiger partial charge in [0.25, 0.3) is 0 Å². The molecular formula is C31H30N2O3. The van der Waals surface area contributed by atoms with E-state index in [2.05, 4.69) is 54.7 Å². The topological polar surface area (TPSA) is 68.3 Å². The van der Waals surface area contributed by atoms with E-state index in [4.69, 9.17) is 8.94 Å². The second kappa shape index (κ2) is 9.86. The van der Waals surface area contributed by atoms with Crippen LogP contribution in [0.4, 0.5) is 0 Å². The first-order chi connectivity index (χ1) is 17.4. The van der Waals surface area contributed by atoms with Crippen LogP contribution >= 0.6 is 0 Å². The van der Waals surface area contributed by atoms with Crippen molar-refractivity contribution in [2.45, 2.75) is 46.6 Å². The van der Waals surface area contributed by atoms with Gasteiger partial charge in [-0.1, -0.05) is 65.3 Å². The van der Waals surface area contributed by atoms with Crippen LogP contribution in [0.25, 0.3) is 11.0 Å². The fourth-order valence-electron chi connectivity index (χ4n) is 4.81. The Bertz CT molecular complexity index is 1510. The van der Waals surface area contributed by atoms with E-state index >= 15 is 0 Å². The summed E-state index contributed by atoms with van der Waals surface area (Å²) in [5.41, 5.74) is 8.21. The third-order valence-electron chi connectivity index (χ3n) is 6.70. The molecule has 5 heteroatoms. The van der Waals surface area contributed by atoms with Crippen molar-refractivity contribution in [1.82, 2.24) is 10.5 Å². The van der Waals surface area contributed by atoms with Crippen molar-refractivity contribution in [1.29, 1.82) is 0 Å². The van der Waals surface area contributed by atoms with Gasteiger partial charge in [-0.15, -0.1) is 0 Å². The molecular weight excluding hydrogens is 448 g/mol. The van der Waals surface area contributed by atoms with E-state index < -0.39 is 0 Å². The van der Waals surface area contributed by atoms with Gasteiger partial charge in [0.2, 0.25) is 5.91 Å². The standard InChI is InChI=1S/C31H30N2O3/c1-19-10-12-27(20(2)14-19)31(24-8-6-5-7-9-24)32-30(34)16-23-11-13-29-25(15-23)17-26(35-29)18-28-21(3)33-36-22(28)4/h5-15,17,31H,16,18H2,1-4H3,(H,32,34). The summed E-state index contributed by atoms with van der Waals surface area (Å²) in [5.74, 6) is 1.63. The SMILES string of the molecule is Cc1ccc(C(NC(=O)Cc2ccc3oc(Cc4c(C)noc4C)cc3c2)c2ccccc2)c(C)c1. The number of benzene rings is 3. The van der Waals surface area contributed by atoms with E-state index in [-0.39, 0.29) is 18.4 Å². The van der Waals surface area contributed by atoms with Crippen LogP contribution < -0.4 is 5.32 Å². The third kappa shape index (κ3) is 4.96. The van der Waals surface area contributed by atoms with Gasteiger partial charge in [0.15, 0.2) is 0 Å². The summed E-state index contributed by atoms with van der Waals surface area (Å²) >= 11 is 0. The van der Waals surface area contributed by atoms with Gasteiger partial charge in [-0.25, -0.2) is 0 Å². The van der Waals surface area contributed by atoms with Gasteiger partial charge in [-0.2, -0.15) is 0 Å². The van der Waals surface area contributed by atoms with Gasteiger partial charge in [-0.3, -0.25) is 4.79 Å². The fourth-order valence-corrected chi connectivity index (χ4v) is 4.81. The van der Waals surface area contributed by atoms with Crippen molar-refractivity contribution in [2.75, 3.05) is 0 Å². The zero-order valence-corrected chi connectivity index (χ0v) is 21.1. The van der Waals surface area contributed by atoms with Gasteiger partial charge in [0.05, 0.1) is 18.2 Å². The van der Waals surface area contributed by atoms with Crippen LogP contribution in [-0.4, -0.2) is 11.1 Å². The second-order valence-electron chi connectivity index (χ2n) is 9.51. The van der Waals surface area contributed by atoms with Crippen LogP contribution in [0.2, 0.25) is 0 Å². The predicted octanol–water partition coefficient (Wildman–Crippen LogP) is 6.69. The number of carbonyl (C=O) groups excluding carboxylic acids is 1. The number of aryl methyl sites for hydroxylation is 4.